The molecular weight excluding hydrogens is 252 g/mol. The van der Waals surface area contributed by atoms with E-state index in [4.69, 9.17) is 9.15 Å². The summed E-state index contributed by atoms with van der Waals surface area (Å²) in [5, 5.41) is 15.4. The van der Waals surface area contributed by atoms with Crippen molar-refractivity contribution in [1.82, 2.24) is 10.3 Å². The van der Waals surface area contributed by atoms with Crippen LogP contribution in [0.1, 0.15) is 5.69 Å². The van der Waals surface area contributed by atoms with Crippen LogP contribution in [-0.4, -0.2) is 36.5 Å². The van der Waals surface area contributed by atoms with Crippen LogP contribution < -0.4 is 5.32 Å². The first kappa shape index (κ1) is 13.2. The Morgan fingerprint density at radius 1 is 1.61 bits per heavy atom. The van der Waals surface area contributed by atoms with Gasteiger partial charge in [0.25, 0.3) is 0 Å². The van der Waals surface area contributed by atoms with E-state index in [1.54, 1.807) is 24.7 Å². The number of nitrogens with one attached hydrogen (secondary N) is 1. The van der Waals surface area contributed by atoms with Crippen molar-refractivity contribution in [2.45, 2.75) is 12.6 Å². The highest BCUT2D eigenvalue weighted by molar-refractivity contribution is 7.13. The van der Waals surface area contributed by atoms with Gasteiger partial charge in [-0.3, -0.25) is 0 Å². The van der Waals surface area contributed by atoms with Crippen molar-refractivity contribution in [2.75, 3.05) is 20.3 Å². The normalized spacial score (nSPS) is 12.8. The molecule has 0 radical (unpaired) electrons. The molecule has 2 rings (SSSR count). The number of furan rings is 1. The second-order valence-corrected chi connectivity index (χ2v) is 4.72. The molecule has 0 aliphatic heterocycles. The van der Waals surface area contributed by atoms with E-state index in [0.717, 1.165) is 16.5 Å². The first-order valence-electron chi connectivity index (χ1n) is 5.65. The molecule has 98 valence electrons. The van der Waals surface area contributed by atoms with Crippen LogP contribution in [-0.2, 0) is 11.3 Å². The maximum atomic E-state index is 9.46. The predicted octanol–water partition coefficient (Wildman–Crippen LogP) is 1.50. The number of ether oxygens (including phenoxy) is 1. The van der Waals surface area contributed by atoms with Crippen molar-refractivity contribution < 1.29 is 14.3 Å². The fourth-order valence-electron chi connectivity index (χ4n) is 1.52. The van der Waals surface area contributed by atoms with Crippen LogP contribution in [0.15, 0.2) is 28.2 Å². The minimum Gasteiger partial charge on any atom is -0.462 e. The molecule has 0 saturated carbocycles. The molecule has 5 nitrogen and oxygen atoms in total. The second kappa shape index (κ2) is 6.65. The first-order chi connectivity index (χ1) is 8.79. The van der Waals surface area contributed by atoms with Crippen LogP contribution in [0.5, 0.6) is 0 Å². The molecule has 1 unspecified atom stereocenters. The van der Waals surface area contributed by atoms with E-state index < -0.39 is 6.10 Å². The average Bonchev–Trinajstić information content (AvgIpc) is 2.99. The van der Waals surface area contributed by atoms with Gasteiger partial charge in [0.05, 0.1) is 24.7 Å². The molecule has 0 amide bonds. The Morgan fingerprint density at radius 2 is 2.50 bits per heavy atom. The average molecular weight is 268 g/mol. The van der Waals surface area contributed by atoms with Gasteiger partial charge in [-0.05, 0) is 12.1 Å². The van der Waals surface area contributed by atoms with Gasteiger partial charge in [-0.15, -0.1) is 11.3 Å². The molecule has 0 aromatic carbocycles. The van der Waals surface area contributed by atoms with Crippen molar-refractivity contribution in [3.8, 4) is 10.8 Å². The van der Waals surface area contributed by atoms with Gasteiger partial charge < -0.3 is 19.6 Å². The zero-order chi connectivity index (χ0) is 12.8. The minimum absolute atomic E-state index is 0.335. The monoisotopic (exact) mass is 268 g/mol. The number of hydrogen-bond donors (Lipinski definition) is 2. The summed E-state index contributed by atoms with van der Waals surface area (Å²) in [7, 11) is 1.57. The lowest BCUT2D eigenvalue weighted by atomic mass is 10.3. The van der Waals surface area contributed by atoms with E-state index in [-0.39, 0.29) is 0 Å². The zero-order valence-corrected chi connectivity index (χ0v) is 10.9. The Bertz CT molecular complexity index is 456. The molecule has 2 aromatic heterocycles. The number of aromatic nitrogens is 1. The molecule has 0 aliphatic rings. The molecule has 6 heteroatoms. The van der Waals surface area contributed by atoms with Gasteiger partial charge in [-0.2, -0.15) is 0 Å². The molecule has 0 bridgehead atoms. The van der Waals surface area contributed by atoms with Crippen molar-refractivity contribution in [1.29, 1.82) is 0 Å². The second-order valence-electron chi connectivity index (χ2n) is 3.86. The molecule has 18 heavy (non-hydrogen) atoms. The third-order valence-electron chi connectivity index (χ3n) is 2.33. The van der Waals surface area contributed by atoms with E-state index in [2.05, 4.69) is 10.3 Å². The van der Waals surface area contributed by atoms with Gasteiger partial charge in [-0.1, -0.05) is 0 Å². The number of aliphatic hydroxyl groups excluding tert-OH is 1. The molecular formula is C12H16N2O3S. The summed E-state index contributed by atoms with van der Waals surface area (Å²) in [6, 6.07) is 3.73. The standard InChI is InChI=1S/C12H16N2O3S/c1-16-7-10(15)6-13-5-9-8-18-12(14-9)11-3-2-4-17-11/h2-4,8,10,13,15H,5-7H2,1H3. The topological polar surface area (TPSA) is 67.5 Å². The summed E-state index contributed by atoms with van der Waals surface area (Å²) >= 11 is 1.54. The summed E-state index contributed by atoms with van der Waals surface area (Å²) in [5.41, 5.74) is 0.941. The fraction of sp³-hybridized carbons (Fsp3) is 0.417. The Morgan fingerprint density at radius 3 is 3.22 bits per heavy atom. The van der Waals surface area contributed by atoms with Crippen LogP contribution >= 0.6 is 11.3 Å². The predicted molar refractivity (Wildman–Crippen MR) is 69.4 cm³/mol. The summed E-state index contributed by atoms with van der Waals surface area (Å²) < 4.78 is 10.1. The number of methoxy groups -OCH3 is 1. The summed E-state index contributed by atoms with van der Waals surface area (Å²) in [6.07, 6.45) is 1.15. The highest BCUT2D eigenvalue weighted by atomic mass is 32.1. The van der Waals surface area contributed by atoms with E-state index in [9.17, 15) is 5.11 Å². The van der Waals surface area contributed by atoms with Gasteiger partial charge in [0, 0.05) is 25.6 Å². The van der Waals surface area contributed by atoms with Crippen LogP contribution in [0, 0.1) is 0 Å². The quantitative estimate of drug-likeness (QED) is 0.796. The molecule has 2 N–H and O–H groups in total. The largest absolute Gasteiger partial charge is 0.462 e. The van der Waals surface area contributed by atoms with Gasteiger partial charge >= 0.3 is 0 Å². The third kappa shape index (κ3) is 3.64. The van der Waals surface area contributed by atoms with Gasteiger partial charge in [0.1, 0.15) is 0 Å². The lowest BCUT2D eigenvalue weighted by molar-refractivity contribution is 0.0644. The maximum absolute atomic E-state index is 9.46. The van der Waals surface area contributed by atoms with E-state index in [0.29, 0.717) is 19.7 Å². The Balaban J connectivity index is 1.81. The molecule has 1 atom stereocenters. The van der Waals surface area contributed by atoms with E-state index in [1.165, 1.54) is 0 Å². The Labute approximate surface area is 109 Å². The number of aliphatic hydroxyl groups is 1. The summed E-state index contributed by atoms with van der Waals surface area (Å²) in [6.45, 7) is 1.45. The number of rotatable bonds is 7. The highest BCUT2D eigenvalue weighted by Crippen LogP contribution is 2.23. The van der Waals surface area contributed by atoms with Gasteiger partial charge in [0.15, 0.2) is 10.8 Å². The summed E-state index contributed by atoms with van der Waals surface area (Å²) in [5.74, 6) is 0.783. The lowest BCUT2D eigenvalue weighted by Gasteiger charge is -2.09. The van der Waals surface area contributed by atoms with Crippen LogP contribution in [0.25, 0.3) is 10.8 Å². The molecule has 0 saturated heterocycles. The van der Waals surface area contributed by atoms with Crippen LogP contribution in [0.4, 0.5) is 0 Å². The van der Waals surface area contributed by atoms with Crippen LogP contribution in [0.2, 0.25) is 0 Å². The number of nitrogens with zero attached hydrogens (tertiary/aromatic N) is 1. The SMILES string of the molecule is COCC(O)CNCc1csc(-c2ccco2)n1. The molecule has 0 fully saturated rings. The van der Waals surface area contributed by atoms with E-state index in [1.807, 2.05) is 17.5 Å². The molecule has 2 heterocycles. The van der Waals surface area contributed by atoms with Crippen molar-refractivity contribution in [3.63, 3.8) is 0 Å². The molecule has 2 aromatic rings. The first-order valence-corrected chi connectivity index (χ1v) is 6.53. The maximum Gasteiger partial charge on any atom is 0.162 e. The van der Waals surface area contributed by atoms with Gasteiger partial charge in [-0.25, -0.2) is 4.98 Å². The van der Waals surface area contributed by atoms with Gasteiger partial charge in [0.2, 0.25) is 0 Å². The summed E-state index contributed by atoms with van der Waals surface area (Å²) in [4.78, 5) is 4.44. The highest BCUT2D eigenvalue weighted by Gasteiger charge is 2.07. The van der Waals surface area contributed by atoms with Crippen molar-refractivity contribution in [3.05, 3.63) is 29.5 Å². The van der Waals surface area contributed by atoms with Crippen molar-refractivity contribution in [2.24, 2.45) is 0 Å². The lowest BCUT2D eigenvalue weighted by Crippen LogP contribution is -2.29. The molecule has 0 aliphatic carbocycles. The van der Waals surface area contributed by atoms with Crippen LogP contribution in [0.3, 0.4) is 0 Å². The minimum atomic E-state index is -0.488. The third-order valence-corrected chi connectivity index (χ3v) is 3.23. The van der Waals surface area contributed by atoms with Crippen molar-refractivity contribution >= 4 is 11.3 Å². The van der Waals surface area contributed by atoms with E-state index >= 15 is 0 Å². The Kier molecular flexibility index (Phi) is 4.89. The smallest absolute Gasteiger partial charge is 0.162 e. The number of thiazole rings is 1. The Hall–Kier alpha value is -1.21. The zero-order valence-electron chi connectivity index (χ0n) is 10.1. The number of hydrogen-bond acceptors (Lipinski definition) is 6. The molecule has 0 spiro atoms. The fourth-order valence-corrected chi connectivity index (χ4v) is 2.31.